The van der Waals surface area contributed by atoms with Gasteiger partial charge in [0, 0.05) is 28.6 Å². The van der Waals surface area contributed by atoms with E-state index in [4.69, 9.17) is 9.15 Å². The monoisotopic (exact) mass is 446 g/mol. The number of nitrogens with zero attached hydrogens (tertiary/aromatic N) is 2. The van der Waals surface area contributed by atoms with Crippen molar-refractivity contribution in [1.29, 1.82) is 0 Å². The molecule has 2 N–H and O–H groups in total. The summed E-state index contributed by atoms with van der Waals surface area (Å²) < 4.78 is 10.9. The second kappa shape index (κ2) is 10.1. The number of hydrogen-bond donors (Lipinski definition) is 2. The zero-order valence-electron chi connectivity index (χ0n) is 18.4. The SMILES string of the molecule is CCOC(=O)[C@@H]1CCCC[C@@H]1NC(=O)Nc1ncc(C=Cc2ncc(C(C)(C)C)o2)s1. The third kappa shape index (κ3) is 6.40. The number of urea groups is 1. The lowest BCUT2D eigenvalue weighted by Gasteiger charge is -2.30. The van der Waals surface area contributed by atoms with Crippen molar-refractivity contribution in [2.75, 3.05) is 11.9 Å². The Hall–Kier alpha value is -2.68. The maximum absolute atomic E-state index is 12.4. The molecule has 8 nitrogen and oxygen atoms in total. The fourth-order valence-electron chi connectivity index (χ4n) is 3.42. The quantitative estimate of drug-likeness (QED) is 0.615. The van der Waals surface area contributed by atoms with E-state index in [2.05, 4.69) is 41.4 Å². The number of ether oxygens (including phenoxy) is 1. The van der Waals surface area contributed by atoms with Crippen LogP contribution >= 0.6 is 11.3 Å². The lowest BCUT2D eigenvalue weighted by atomic mass is 9.84. The van der Waals surface area contributed by atoms with Crippen molar-refractivity contribution in [3.8, 4) is 0 Å². The number of carbonyl (C=O) groups excluding carboxylic acids is 2. The first-order valence-corrected chi connectivity index (χ1v) is 11.4. The number of oxazole rings is 1. The summed E-state index contributed by atoms with van der Waals surface area (Å²) in [6.45, 7) is 8.32. The van der Waals surface area contributed by atoms with Crippen molar-refractivity contribution < 1.29 is 18.7 Å². The van der Waals surface area contributed by atoms with Crippen LogP contribution in [-0.4, -0.2) is 34.6 Å². The molecule has 0 saturated heterocycles. The highest BCUT2D eigenvalue weighted by Crippen LogP contribution is 2.27. The van der Waals surface area contributed by atoms with E-state index >= 15 is 0 Å². The van der Waals surface area contributed by atoms with E-state index in [1.54, 1.807) is 25.4 Å². The third-order valence-electron chi connectivity index (χ3n) is 5.07. The van der Waals surface area contributed by atoms with Crippen LogP contribution in [0.5, 0.6) is 0 Å². The molecular formula is C22H30N4O4S. The molecule has 168 valence electrons. The highest BCUT2D eigenvalue weighted by atomic mass is 32.1. The maximum atomic E-state index is 12.4. The fraction of sp³-hybridized carbons (Fsp3) is 0.545. The van der Waals surface area contributed by atoms with Gasteiger partial charge < -0.3 is 14.5 Å². The molecule has 3 rings (SSSR count). The van der Waals surface area contributed by atoms with Crippen molar-refractivity contribution in [2.24, 2.45) is 5.92 Å². The van der Waals surface area contributed by atoms with Crippen molar-refractivity contribution in [3.63, 3.8) is 0 Å². The number of rotatable bonds is 6. The molecule has 0 unspecified atom stereocenters. The highest BCUT2D eigenvalue weighted by Gasteiger charge is 2.33. The molecule has 2 amide bonds. The van der Waals surface area contributed by atoms with Crippen molar-refractivity contribution in [1.82, 2.24) is 15.3 Å². The zero-order chi connectivity index (χ0) is 22.4. The summed E-state index contributed by atoms with van der Waals surface area (Å²) in [6.07, 6.45) is 10.5. The number of hydrogen-bond acceptors (Lipinski definition) is 7. The summed E-state index contributed by atoms with van der Waals surface area (Å²) in [5, 5.41) is 6.14. The first-order chi connectivity index (χ1) is 14.8. The first-order valence-electron chi connectivity index (χ1n) is 10.6. The summed E-state index contributed by atoms with van der Waals surface area (Å²) in [5.74, 6) is 0.801. The van der Waals surface area contributed by atoms with E-state index in [1.807, 2.05) is 6.08 Å². The minimum atomic E-state index is -0.367. The molecule has 1 aliphatic rings. The molecule has 0 radical (unpaired) electrons. The van der Waals surface area contributed by atoms with E-state index in [-0.39, 0.29) is 29.4 Å². The lowest BCUT2D eigenvalue weighted by Crippen LogP contribution is -2.47. The van der Waals surface area contributed by atoms with Crippen LogP contribution in [0.2, 0.25) is 0 Å². The van der Waals surface area contributed by atoms with Gasteiger partial charge in [-0.15, -0.1) is 0 Å². The first kappa shape index (κ1) is 23.0. The number of esters is 1. The minimum absolute atomic E-state index is 0.0986. The van der Waals surface area contributed by atoms with Gasteiger partial charge >= 0.3 is 12.0 Å². The molecule has 9 heteroatoms. The number of nitrogens with one attached hydrogen (secondary N) is 2. The second-order valence-electron chi connectivity index (χ2n) is 8.56. The Morgan fingerprint density at radius 3 is 2.71 bits per heavy atom. The van der Waals surface area contributed by atoms with E-state index in [0.29, 0.717) is 17.6 Å². The maximum Gasteiger partial charge on any atom is 0.321 e. The van der Waals surface area contributed by atoms with Gasteiger partial charge in [-0.1, -0.05) is 44.9 Å². The Morgan fingerprint density at radius 2 is 2.00 bits per heavy atom. The van der Waals surface area contributed by atoms with Crippen LogP contribution in [0.4, 0.5) is 9.93 Å². The number of amides is 2. The predicted molar refractivity (Wildman–Crippen MR) is 121 cm³/mol. The van der Waals surface area contributed by atoms with Crippen LogP contribution in [0.1, 0.15) is 69.9 Å². The van der Waals surface area contributed by atoms with Crippen LogP contribution in [0.15, 0.2) is 16.8 Å². The van der Waals surface area contributed by atoms with Crippen molar-refractivity contribution in [2.45, 2.75) is 64.8 Å². The van der Waals surface area contributed by atoms with Crippen LogP contribution in [0, 0.1) is 5.92 Å². The van der Waals surface area contributed by atoms with Crippen molar-refractivity contribution in [3.05, 3.63) is 28.9 Å². The van der Waals surface area contributed by atoms with Gasteiger partial charge in [-0.3, -0.25) is 10.1 Å². The van der Waals surface area contributed by atoms with E-state index in [9.17, 15) is 9.59 Å². The smallest absolute Gasteiger partial charge is 0.321 e. The molecule has 0 bridgehead atoms. The predicted octanol–water partition coefficient (Wildman–Crippen LogP) is 4.84. The summed E-state index contributed by atoms with van der Waals surface area (Å²) in [6, 6.07) is -0.595. The number of thiazole rings is 1. The van der Waals surface area contributed by atoms with Gasteiger partial charge in [-0.25, -0.2) is 14.8 Å². The van der Waals surface area contributed by atoms with E-state index in [0.717, 1.165) is 36.3 Å². The number of aromatic nitrogens is 2. The van der Waals surface area contributed by atoms with Gasteiger partial charge in [-0.2, -0.15) is 0 Å². The standard InChI is InChI=1S/C22H30N4O4S/c1-5-29-19(27)15-8-6-7-9-16(15)25-20(28)26-21-24-12-14(31-21)10-11-18-23-13-17(30-18)22(2,3)4/h10-13,15-16H,5-9H2,1-4H3,(H2,24,25,26,28)/t15-,16+/m1/s1. The third-order valence-corrected chi connectivity index (χ3v) is 5.95. The number of anilines is 1. The molecule has 2 heterocycles. The molecule has 31 heavy (non-hydrogen) atoms. The minimum Gasteiger partial charge on any atom is -0.466 e. The lowest BCUT2D eigenvalue weighted by molar-refractivity contribution is -0.149. The van der Waals surface area contributed by atoms with E-state index in [1.165, 1.54) is 11.3 Å². The molecule has 2 aromatic rings. The Kier molecular flexibility index (Phi) is 7.48. The summed E-state index contributed by atoms with van der Waals surface area (Å²) >= 11 is 1.34. The molecule has 2 atom stereocenters. The zero-order valence-corrected chi connectivity index (χ0v) is 19.3. The average molecular weight is 447 g/mol. The Bertz CT molecular complexity index is 928. The Labute approximate surface area is 186 Å². The summed E-state index contributed by atoms with van der Waals surface area (Å²) in [4.78, 5) is 34.0. The van der Waals surface area contributed by atoms with Gasteiger partial charge in [-0.05, 0) is 25.8 Å². The molecule has 0 aromatic carbocycles. The van der Waals surface area contributed by atoms with Crippen LogP contribution in [-0.2, 0) is 14.9 Å². The van der Waals surface area contributed by atoms with Gasteiger partial charge in [0.2, 0.25) is 5.89 Å². The summed E-state index contributed by atoms with van der Waals surface area (Å²) in [7, 11) is 0. The normalized spacial score (nSPS) is 19.4. The fourth-order valence-corrected chi connectivity index (χ4v) is 4.14. The van der Waals surface area contributed by atoms with Crippen LogP contribution in [0.3, 0.4) is 0 Å². The largest absolute Gasteiger partial charge is 0.466 e. The molecule has 2 aromatic heterocycles. The van der Waals surface area contributed by atoms with Gasteiger partial charge in [0.05, 0.1) is 18.7 Å². The molecule has 1 saturated carbocycles. The molecule has 1 fully saturated rings. The van der Waals surface area contributed by atoms with Crippen LogP contribution < -0.4 is 10.6 Å². The van der Waals surface area contributed by atoms with Crippen LogP contribution in [0.25, 0.3) is 12.2 Å². The molecular weight excluding hydrogens is 416 g/mol. The van der Waals surface area contributed by atoms with Gasteiger partial charge in [0.25, 0.3) is 0 Å². The average Bonchev–Trinajstić information content (AvgIpc) is 3.36. The Balaban J connectivity index is 1.55. The van der Waals surface area contributed by atoms with Gasteiger partial charge in [0.1, 0.15) is 5.76 Å². The summed E-state index contributed by atoms with van der Waals surface area (Å²) in [5.41, 5.74) is -0.0986. The number of carbonyl (C=O) groups is 2. The highest BCUT2D eigenvalue weighted by molar-refractivity contribution is 7.16. The molecule has 0 aliphatic heterocycles. The second-order valence-corrected chi connectivity index (χ2v) is 9.62. The topological polar surface area (TPSA) is 106 Å². The Morgan fingerprint density at radius 1 is 1.23 bits per heavy atom. The molecule has 0 spiro atoms. The molecule has 1 aliphatic carbocycles. The van der Waals surface area contributed by atoms with Crippen molar-refractivity contribution >= 4 is 40.6 Å². The van der Waals surface area contributed by atoms with E-state index < -0.39 is 0 Å². The van der Waals surface area contributed by atoms with Gasteiger partial charge in [0.15, 0.2) is 5.13 Å².